The molecule has 28 heavy (non-hydrogen) atoms. The second-order valence-electron chi connectivity index (χ2n) is 7.77. The highest BCUT2D eigenvalue weighted by Crippen LogP contribution is 2.23. The lowest BCUT2D eigenvalue weighted by atomic mass is 9.95. The van der Waals surface area contributed by atoms with Gasteiger partial charge in [-0.15, -0.1) is 0 Å². The van der Waals surface area contributed by atoms with Gasteiger partial charge in [0.05, 0.1) is 0 Å². The highest BCUT2D eigenvalue weighted by Gasteiger charge is 2.26. The second-order valence-corrected chi connectivity index (χ2v) is 7.77. The number of rotatable bonds is 6. The van der Waals surface area contributed by atoms with Gasteiger partial charge in [-0.2, -0.15) is 0 Å². The van der Waals surface area contributed by atoms with Crippen molar-refractivity contribution in [3.63, 3.8) is 0 Å². The van der Waals surface area contributed by atoms with Crippen LogP contribution < -0.4 is 10.6 Å². The van der Waals surface area contributed by atoms with Gasteiger partial charge in [-0.05, 0) is 47.7 Å². The Morgan fingerprint density at radius 1 is 1.04 bits per heavy atom. The molecule has 1 aliphatic heterocycles. The van der Waals surface area contributed by atoms with Crippen LogP contribution in [0.25, 0.3) is 0 Å². The highest BCUT2D eigenvalue weighted by molar-refractivity contribution is 5.95. The third kappa shape index (κ3) is 4.98. The molecule has 0 fully saturated rings. The minimum Gasteiger partial charge on any atom is -0.350 e. The van der Waals surface area contributed by atoms with Crippen LogP contribution in [-0.4, -0.2) is 35.8 Å². The van der Waals surface area contributed by atoms with E-state index in [2.05, 4.69) is 53.6 Å². The van der Waals surface area contributed by atoms with Gasteiger partial charge in [-0.3, -0.25) is 14.5 Å². The lowest BCUT2D eigenvalue weighted by molar-refractivity contribution is -0.114. The van der Waals surface area contributed by atoms with Gasteiger partial charge < -0.3 is 10.6 Å². The molecule has 2 amide bonds. The molecule has 3 rings (SSSR count). The van der Waals surface area contributed by atoms with Crippen LogP contribution in [0.15, 0.2) is 48.5 Å². The second kappa shape index (κ2) is 9.02. The number of hydrogen-bond acceptors (Lipinski definition) is 3. The van der Waals surface area contributed by atoms with Gasteiger partial charge in [-0.25, -0.2) is 0 Å². The predicted octanol–water partition coefficient (Wildman–Crippen LogP) is 3.46. The zero-order valence-corrected chi connectivity index (χ0v) is 16.9. The number of nitrogens with one attached hydrogen (secondary N) is 2. The Bertz CT molecular complexity index is 830. The Balaban J connectivity index is 1.61. The largest absolute Gasteiger partial charge is 0.350 e. The molecule has 0 bridgehead atoms. The number of carbonyl (C=O) groups is 2. The van der Waals surface area contributed by atoms with E-state index in [0.29, 0.717) is 23.7 Å². The summed E-state index contributed by atoms with van der Waals surface area (Å²) in [6, 6.07) is 15.9. The molecular formula is C23H29N3O2. The van der Waals surface area contributed by atoms with E-state index in [1.165, 1.54) is 18.1 Å². The molecule has 1 aliphatic rings. The molecule has 1 atom stereocenters. The molecule has 1 heterocycles. The summed E-state index contributed by atoms with van der Waals surface area (Å²) in [5, 5.41) is 5.80. The van der Waals surface area contributed by atoms with Crippen LogP contribution in [0.5, 0.6) is 0 Å². The fraction of sp³-hybridized carbons (Fsp3) is 0.391. The average molecular weight is 380 g/mol. The molecule has 2 aromatic rings. The number of fused-ring (bicyclic) bond motifs is 1. The molecule has 0 radical (unpaired) electrons. The van der Waals surface area contributed by atoms with Crippen molar-refractivity contribution in [2.75, 3.05) is 18.4 Å². The van der Waals surface area contributed by atoms with E-state index in [1.807, 2.05) is 0 Å². The van der Waals surface area contributed by atoms with Gasteiger partial charge in [0.1, 0.15) is 0 Å². The number of carbonyl (C=O) groups excluding carboxylic acids is 2. The predicted molar refractivity (Wildman–Crippen MR) is 112 cm³/mol. The number of hydrogen-bond donors (Lipinski definition) is 2. The molecule has 0 saturated heterocycles. The van der Waals surface area contributed by atoms with Crippen LogP contribution in [0.1, 0.15) is 42.3 Å². The fourth-order valence-corrected chi connectivity index (χ4v) is 3.79. The standard InChI is InChI=1S/C23H29N3O2/c1-16(2)22(26-13-12-18-6-4-5-7-20(18)15-26)14-24-23(28)19-8-10-21(11-9-19)25-17(3)27/h4-11,16,22H,12-15H2,1-3H3,(H,24,28)(H,25,27)/t22-/m0/s1. The van der Waals surface area contributed by atoms with Crippen molar-refractivity contribution in [1.82, 2.24) is 10.2 Å². The van der Waals surface area contributed by atoms with E-state index in [-0.39, 0.29) is 17.9 Å². The number of anilines is 1. The van der Waals surface area contributed by atoms with Gasteiger partial charge in [0.25, 0.3) is 5.91 Å². The molecule has 0 aromatic heterocycles. The van der Waals surface area contributed by atoms with E-state index in [9.17, 15) is 9.59 Å². The van der Waals surface area contributed by atoms with Crippen LogP contribution in [0, 0.1) is 5.92 Å². The van der Waals surface area contributed by atoms with Crippen molar-refractivity contribution >= 4 is 17.5 Å². The zero-order valence-electron chi connectivity index (χ0n) is 16.9. The van der Waals surface area contributed by atoms with Crippen LogP contribution in [0.2, 0.25) is 0 Å². The smallest absolute Gasteiger partial charge is 0.251 e. The molecule has 5 heteroatoms. The topological polar surface area (TPSA) is 61.4 Å². The van der Waals surface area contributed by atoms with Crippen molar-refractivity contribution in [3.8, 4) is 0 Å². The lowest BCUT2D eigenvalue weighted by Gasteiger charge is -2.38. The van der Waals surface area contributed by atoms with Gasteiger partial charge in [0.15, 0.2) is 0 Å². The summed E-state index contributed by atoms with van der Waals surface area (Å²) in [7, 11) is 0. The Kier molecular flexibility index (Phi) is 6.47. The van der Waals surface area contributed by atoms with Crippen molar-refractivity contribution < 1.29 is 9.59 Å². The SMILES string of the molecule is CC(=O)Nc1ccc(C(=O)NC[C@@H](C(C)C)N2CCc3ccccc3C2)cc1. The summed E-state index contributed by atoms with van der Waals surface area (Å²) in [5.41, 5.74) is 4.11. The zero-order chi connectivity index (χ0) is 20.1. The minimum absolute atomic E-state index is 0.0857. The maximum absolute atomic E-state index is 12.6. The Morgan fingerprint density at radius 3 is 2.36 bits per heavy atom. The normalized spacial score (nSPS) is 15.0. The lowest BCUT2D eigenvalue weighted by Crippen LogP contribution is -2.48. The first-order valence-electron chi connectivity index (χ1n) is 9.90. The molecule has 2 aromatic carbocycles. The van der Waals surface area contributed by atoms with Gasteiger partial charge in [-0.1, -0.05) is 38.1 Å². The molecule has 0 aliphatic carbocycles. The Labute approximate surface area is 167 Å². The van der Waals surface area contributed by atoms with Crippen molar-refractivity contribution in [1.29, 1.82) is 0 Å². The summed E-state index contributed by atoms with van der Waals surface area (Å²) in [4.78, 5) is 26.2. The molecule has 148 valence electrons. The summed E-state index contributed by atoms with van der Waals surface area (Å²) in [6.07, 6.45) is 1.05. The van der Waals surface area contributed by atoms with Crippen LogP contribution in [0.4, 0.5) is 5.69 Å². The van der Waals surface area contributed by atoms with Crippen LogP contribution in [0.3, 0.4) is 0 Å². The number of nitrogens with zero attached hydrogens (tertiary/aromatic N) is 1. The van der Waals surface area contributed by atoms with E-state index in [1.54, 1.807) is 24.3 Å². The third-order valence-corrected chi connectivity index (χ3v) is 5.34. The first kappa shape index (κ1) is 20.1. The average Bonchev–Trinajstić information content (AvgIpc) is 2.67. The summed E-state index contributed by atoms with van der Waals surface area (Å²) >= 11 is 0. The highest BCUT2D eigenvalue weighted by atomic mass is 16.2. The Hall–Kier alpha value is -2.66. The number of benzene rings is 2. The molecule has 0 spiro atoms. The van der Waals surface area contributed by atoms with E-state index in [4.69, 9.17) is 0 Å². The van der Waals surface area contributed by atoms with E-state index < -0.39 is 0 Å². The maximum atomic E-state index is 12.6. The van der Waals surface area contributed by atoms with E-state index >= 15 is 0 Å². The monoisotopic (exact) mass is 379 g/mol. The summed E-state index contributed by atoms with van der Waals surface area (Å²) in [6.45, 7) is 8.44. The minimum atomic E-state index is -0.125. The van der Waals surface area contributed by atoms with Crippen LogP contribution >= 0.6 is 0 Å². The van der Waals surface area contributed by atoms with Crippen molar-refractivity contribution in [2.45, 2.75) is 39.8 Å². The summed E-state index contributed by atoms with van der Waals surface area (Å²) < 4.78 is 0. The van der Waals surface area contributed by atoms with Crippen molar-refractivity contribution in [2.24, 2.45) is 5.92 Å². The summed E-state index contributed by atoms with van der Waals surface area (Å²) in [5.74, 6) is 0.227. The molecule has 2 N–H and O–H groups in total. The molecular weight excluding hydrogens is 350 g/mol. The number of amides is 2. The third-order valence-electron chi connectivity index (χ3n) is 5.34. The Morgan fingerprint density at radius 2 is 1.71 bits per heavy atom. The first-order valence-corrected chi connectivity index (χ1v) is 9.90. The quantitative estimate of drug-likeness (QED) is 0.808. The van der Waals surface area contributed by atoms with Gasteiger partial charge >= 0.3 is 0 Å². The van der Waals surface area contributed by atoms with Gasteiger partial charge in [0, 0.05) is 43.9 Å². The first-order chi connectivity index (χ1) is 13.4. The van der Waals surface area contributed by atoms with Crippen molar-refractivity contribution in [3.05, 3.63) is 65.2 Å². The van der Waals surface area contributed by atoms with Gasteiger partial charge in [0.2, 0.25) is 5.91 Å². The van der Waals surface area contributed by atoms with E-state index in [0.717, 1.165) is 19.5 Å². The molecule has 5 nitrogen and oxygen atoms in total. The molecule has 0 saturated carbocycles. The molecule has 0 unspecified atom stereocenters. The van der Waals surface area contributed by atoms with Crippen LogP contribution in [-0.2, 0) is 17.8 Å². The fourth-order valence-electron chi connectivity index (χ4n) is 3.79. The maximum Gasteiger partial charge on any atom is 0.251 e.